The molecule has 2 aliphatic heterocycles. The molecule has 1 aromatic carbocycles. The molecule has 0 bridgehead atoms. The van der Waals surface area contributed by atoms with Gasteiger partial charge in [-0.15, -0.1) is 0 Å². The largest absolute Gasteiger partial charge is 0.493 e. The fourth-order valence-electron chi connectivity index (χ4n) is 3.37. The Morgan fingerprint density at radius 3 is 2.64 bits per heavy atom. The van der Waals surface area contributed by atoms with Gasteiger partial charge in [-0.3, -0.25) is 4.79 Å². The van der Waals surface area contributed by atoms with Crippen LogP contribution in [-0.4, -0.2) is 42.8 Å². The number of hydrogen-bond donors (Lipinski definition) is 0. The number of likely N-dealkylation sites (tertiary alicyclic amines) is 1. The number of nitrogens with zero attached hydrogens (tertiary/aromatic N) is 2. The van der Waals surface area contributed by atoms with Crippen LogP contribution in [0.1, 0.15) is 57.4 Å². The van der Waals surface area contributed by atoms with E-state index in [-0.39, 0.29) is 5.91 Å². The first-order valence-electron chi connectivity index (χ1n) is 10.3. The Kier molecular flexibility index (Phi) is 7.83. The predicted molar refractivity (Wildman–Crippen MR) is 116 cm³/mol. The number of carbonyl (C=O) groups is 1. The topological polar surface area (TPSA) is 51.1 Å². The first-order chi connectivity index (χ1) is 13.7. The van der Waals surface area contributed by atoms with Crippen molar-refractivity contribution in [2.45, 2.75) is 51.9 Å². The van der Waals surface area contributed by atoms with E-state index in [1.54, 1.807) is 7.11 Å². The van der Waals surface area contributed by atoms with Gasteiger partial charge in [0.05, 0.1) is 18.6 Å². The summed E-state index contributed by atoms with van der Waals surface area (Å²) in [5.41, 5.74) is 0.918. The molecule has 0 aliphatic carbocycles. The van der Waals surface area contributed by atoms with Crippen molar-refractivity contribution in [1.82, 2.24) is 4.90 Å². The number of unbranched alkanes of at least 4 members (excludes halogenated alkanes) is 2. The number of hydrogen-bond acceptors (Lipinski definition) is 5. The van der Waals surface area contributed by atoms with Crippen LogP contribution >= 0.6 is 11.8 Å². The van der Waals surface area contributed by atoms with Gasteiger partial charge in [0, 0.05) is 13.1 Å². The van der Waals surface area contributed by atoms with E-state index in [4.69, 9.17) is 9.47 Å². The molecule has 28 heavy (non-hydrogen) atoms. The average molecular weight is 403 g/mol. The molecular formula is C22H30N2O3S. The Morgan fingerprint density at radius 2 is 1.93 bits per heavy atom. The SMILES string of the molecule is CCCCCOc1ccc(/C=C2/SC(N3CCCCCC3)=NC2=O)cc1OC. The molecule has 5 nitrogen and oxygen atoms in total. The molecule has 2 heterocycles. The molecule has 1 aromatic rings. The summed E-state index contributed by atoms with van der Waals surface area (Å²) >= 11 is 1.48. The summed E-state index contributed by atoms with van der Waals surface area (Å²) in [4.78, 5) is 19.6. The number of thioether (sulfide) groups is 1. The molecule has 3 rings (SSSR count). The average Bonchev–Trinajstić information content (AvgIpc) is 2.90. The smallest absolute Gasteiger partial charge is 0.286 e. The van der Waals surface area contributed by atoms with E-state index in [2.05, 4.69) is 16.8 Å². The minimum atomic E-state index is -0.150. The molecule has 1 amide bonds. The lowest BCUT2D eigenvalue weighted by molar-refractivity contribution is -0.113. The van der Waals surface area contributed by atoms with Crippen LogP contribution in [0.2, 0.25) is 0 Å². The third-order valence-electron chi connectivity index (χ3n) is 4.98. The van der Waals surface area contributed by atoms with Gasteiger partial charge in [0.25, 0.3) is 5.91 Å². The first kappa shape index (κ1) is 20.8. The van der Waals surface area contributed by atoms with Crippen molar-refractivity contribution in [3.8, 4) is 11.5 Å². The summed E-state index contributed by atoms with van der Waals surface area (Å²) in [6, 6.07) is 5.79. The molecular weight excluding hydrogens is 372 g/mol. The number of amidine groups is 1. The van der Waals surface area contributed by atoms with E-state index in [9.17, 15) is 4.79 Å². The maximum Gasteiger partial charge on any atom is 0.286 e. The number of benzene rings is 1. The van der Waals surface area contributed by atoms with Crippen LogP contribution in [0, 0.1) is 0 Å². The minimum Gasteiger partial charge on any atom is -0.493 e. The van der Waals surface area contributed by atoms with Gasteiger partial charge in [0.15, 0.2) is 16.7 Å². The summed E-state index contributed by atoms with van der Waals surface area (Å²) in [6.07, 6.45) is 10.1. The van der Waals surface area contributed by atoms with Crippen LogP contribution in [0.25, 0.3) is 6.08 Å². The zero-order valence-electron chi connectivity index (χ0n) is 16.9. The maximum absolute atomic E-state index is 12.4. The Bertz CT molecular complexity index is 737. The molecule has 0 N–H and O–H groups in total. The maximum atomic E-state index is 12.4. The number of amides is 1. The Morgan fingerprint density at radius 1 is 1.14 bits per heavy atom. The van der Waals surface area contributed by atoms with Gasteiger partial charge in [0.1, 0.15) is 0 Å². The Labute approximate surface area is 172 Å². The molecule has 0 unspecified atom stereocenters. The van der Waals surface area contributed by atoms with Crippen LogP contribution in [0.15, 0.2) is 28.1 Å². The van der Waals surface area contributed by atoms with Gasteiger partial charge in [0.2, 0.25) is 0 Å². The fourth-order valence-corrected chi connectivity index (χ4v) is 4.34. The van der Waals surface area contributed by atoms with Gasteiger partial charge in [-0.25, -0.2) is 0 Å². The highest BCUT2D eigenvalue weighted by atomic mass is 32.2. The molecule has 6 heteroatoms. The third kappa shape index (κ3) is 5.53. The predicted octanol–water partition coefficient (Wildman–Crippen LogP) is 5.11. The molecule has 0 spiro atoms. The summed E-state index contributed by atoms with van der Waals surface area (Å²) in [7, 11) is 1.64. The van der Waals surface area contributed by atoms with Crippen LogP contribution in [-0.2, 0) is 4.79 Å². The lowest BCUT2D eigenvalue weighted by Gasteiger charge is -2.20. The van der Waals surface area contributed by atoms with E-state index in [1.807, 2.05) is 24.3 Å². The third-order valence-corrected chi connectivity index (χ3v) is 6.02. The molecule has 1 saturated heterocycles. The second-order valence-corrected chi connectivity index (χ2v) is 8.19. The van der Waals surface area contributed by atoms with E-state index in [0.29, 0.717) is 17.3 Å². The Hall–Kier alpha value is -1.95. The zero-order valence-corrected chi connectivity index (χ0v) is 17.7. The van der Waals surface area contributed by atoms with E-state index >= 15 is 0 Å². The van der Waals surface area contributed by atoms with Gasteiger partial charge in [-0.05, 0) is 54.8 Å². The van der Waals surface area contributed by atoms with Gasteiger partial charge >= 0.3 is 0 Å². The van der Waals surface area contributed by atoms with Crippen molar-refractivity contribution >= 4 is 28.9 Å². The van der Waals surface area contributed by atoms with Crippen molar-refractivity contribution < 1.29 is 14.3 Å². The van der Waals surface area contributed by atoms with Crippen molar-refractivity contribution in [1.29, 1.82) is 0 Å². The Balaban J connectivity index is 1.66. The number of rotatable bonds is 7. The zero-order chi connectivity index (χ0) is 19.8. The number of aliphatic imine (C=N–C) groups is 1. The molecule has 152 valence electrons. The van der Waals surface area contributed by atoms with Crippen LogP contribution in [0.5, 0.6) is 11.5 Å². The molecule has 0 radical (unpaired) electrons. The van der Waals surface area contributed by atoms with E-state index < -0.39 is 0 Å². The highest BCUT2D eigenvalue weighted by molar-refractivity contribution is 8.18. The van der Waals surface area contributed by atoms with E-state index in [0.717, 1.165) is 42.4 Å². The van der Waals surface area contributed by atoms with E-state index in [1.165, 1.54) is 43.9 Å². The molecule has 0 aromatic heterocycles. The van der Waals surface area contributed by atoms with Crippen LogP contribution in [0.4, 0.5) is 0 Å². The molecule has 1 fully saturated rings. The summed E-state index contributed by atoms with van der Waals surface area (Å²) < 4.78 is 11.3. The van der Waals surface area contributed by atoms with Crippen LogP contribution < -0.4 is 9.47 Å². The number of ether oxygens (including phenoxy) is 2. The standard InChI is InChI=1S/C22H30N2O3S/c1-3-4-9-14-27-18-11-10-17(15-19(18)26-2)16-20-21(25)23-22(28-20)24-12-7-5-6-8-13-24/h10-11,15-16H,3-9,12-14H2,1-2H3/b20-16+. The molecule has 0 saturated carbocycles. The highest BCUT2D eigenvalue weighted by Crippen LogP contribution is 2.34. The van der Waals surface area contributed by atoms with Gasteiger partial charge in [-0.2, -0.15) is 4.99 Å². The molecule has 0 atom stereocenters. The van der Waals surface area contributed by atoms with Crippen LogP contribution in [0.3, 0.4) is 0 Å². The van der Waals surface area contributed by atoms with Crippen molar-refractivity contribution in [3.63, 3.8) is 0 Å². The van der Waals surface area contributed by atoms with Gasteiger partial charge in [-0.1, -0.05) is 38.7 Å². The lowest BCUT2D eigenvalue weighted by Crippen LogP contribution is -2.28. The fraction of sp³-hybridized carbons (Fsp3) is 0.545. The second-order valence-electron chi connectivity index (χ2n) is 7.18. The summed E-state index contributed by atoms with van der Waals surface area (Å²) in [5.74, 6) is 1.28. The lowest BCUT2D eigenvalue weighted by atomic mass is 10.2. The number of carbonyl (C=O) groups excluding carboxylic acids is 1. The summed E-state index contributed by atoms with van der Waals surface area (Å²) in [6.45, 7) is 4.84. The van der Waals surface area contributed by atoms with Crippen molar-refractivity contribution in [3.05, 3.63) is 28.7 Å². The number of methoxy groups -OCH3 is 1. The highest BCUT2D eigenvalue weighted by Gasteiger charge is 2.26. The minimum absolute atomic E-state index is 0.150. The quantitative estimate of drug-likeness (QED) is 0.468. The first-order valence-corrected chi connectivity index (χ1v) is 11.1. The monoisotopic (exact) mass is 402 g/mol. The van der Waals surface area contributed by atoms with Gasteiger partial charge < -0.3 is 14.4 Å². The van der Waals surface area contributed by atoms with Crippen molar-refractivity contribution in [2.24, 2.45) is 4.99 Å². The second kappa shape index (κ2) is 10.6. The van der Waals surface area contributed by atoms with Crippen molar-refractivity contribution in [2.75, 3.05) is 26.8 Å². The summed E-state index contributed by atoms with van der Waals surface area (Å²) in [5, 5.41) is 0.848. The normalized spacial score (nSPS) is 18.9. The molecule has 2 aliphatic rings.